The number of benzene rings is 2. The second kappa shape index (κ2) is 6.44. The molecule has 20 heavy (non-hydrogen) atoms. The predicted molar refractivity (Wildman–Crippen MR) is 80.2 cm³/mol. The van der Waals surface area contributed by atoms with E-state index in [0.717, 1.165) is 10.8 Å². The summed E-state index contributed by atoms with van der Waals surface area (Å²) in [5, 5.41) is 2.47. The highest BCUT2D eigenvalue weighted by Crippen LogP contribution is 2.31. The molecule has 0 aliphatic carbocycles. The Morgan fingerprint density at radius 1 is 1.20 bits per heavy atom. The zero-order valence-corrected chi connectivity index (χ0v) is 11.9. The monoisotopic (exact) mass is 290 g/mol. The van der Waals surface area contributed by atoms with E-state index in [9.17, 15) is 4.79 Å². The Hall–Kier alpha value is -2.00. The van der Waals surface area contributed by atoms with Crippen molar-refractivity contribution < 1.29 is 14.3 Å². The van der Waals surface area contributed by atoms with E-state index in [2.05, 4.69) is 6.58 Å². The molecule has 2 rings (SSSR count). The van der Waals surface area contributed by atoms with Gasteiger partial charge in [-0.2, -0.15) is 0 Å². The lowest BCUT2D eigenvalue weighted by Gasteiger charge is -2.11. The van der Waals surface area contributed by atoms with Crippen LogP contribution >= 0.6 is 11.6 Å². The van der Waals surface area contributed by atoms with Crippen LogP contribution < -0.4 is 4.74 Å². The molecule has 3 nitrogen and oxygen atoms in total. The minimum atomic E-state index is -0.439. The molecule has 2 aromatic carbocycles. The topological polar surface area (TPSA) is 35.5 Å². The lowest BCUT2D eigenvalue weighted by molar-refractivity contribution is -0.138. The van der Waals surface area contributed by atoms with E-state index < -0.39 is 5.97 Å². The summed E-state index contributed by atoms with van der Waals surface area (Å²) in [6.07, 6.45) is 0. The SMILES string of the molecule is C=C(COc1ccc(Cl)c2ccccc12)C(=O)OCC. The standard InChI is InChI=1S/C16H15ClO3/c1-3-19-16(18)11(2)10-20-15-9-8-14(17)12-6-4-5-7-13(12)15/h4-9H,2-3,10H2,1H3. The fourth-order valence-corrected chi connectivity index (χ4v) is 2.05. The highest BCUT2D eigenvalue weighted by molar-refractivity contribution is 6.35. The quantitative estimate of drug-likeness (QED) is 0.617. The van der Waals surface area contributed by atoms with Crippen LogP contribution in [0.4, 0.5) is 0 Å². The second-order valence-electron chi connectivity index (χ2n) is 4.20. The molecule has 0 atom stereocenters. The number of hydrogen-bond acceptors (Lipinski definition) is 3. The molecule has 0 heterocycles. The maximum atomic E-state index is 11.5. The number of fused-ring (bicyclic) bond motifs is 1. The molecular weight excluding hydrogens is 276 g/mol. The van der Waals surface area contributed by atoms with Gasteiger partial charge in [-0.1, -0.05) is 42.4 Å². The number of hydrogen-bond donors (Lipinski definition) is 0. The number of carbonyl (C=O) groups is 1. The molecule has 0 aromatic heterocycles. The van der Waals surface area contributed by atoms with Gasteiger partial charge in [0.2, 0.25) is 0 Å². The minimum Gasteiger partial charge on any atom is -0.488 e. The summed E-state index contributed by atoms with van der Waals surface area (Å²) in [6.45, 7) is 5.82. The summed E-state index contributed by atoms with van der Waals surface area (Å²) in [5.41, 5.74) is 0.283. The lowest BCUT2D eigenvalue weighted by Crippen LogP contribution is -2.13. The van der Waals surface area contributed by atoms with Crippen LogP contribution in [0, 0.1) is 0 Å². The van der Waals surface area contributed by atoms with Gasteiger partial charge in [0.15, 0.2) is 0 Å². The summed E-state index contributed by atoms with van der Waals surface area (Å²) >= 11 is 6.14. The largest absolute Gasteiger partial charge is 0.488 e. The van der Waals surface area contributed by atoms with Gasteiger partial charge in [-0.25, -0.2) is 4.79 Å². The van der Waals surface area contributed by atoms with Crippen molar-refractivity contribution in [2.24, 2.45) is 0 Å². The fourth-order valence-electron chi connectivity index (χ4n) is 1.82. The molecule has 0 saturated carbocycles. The maximum absolute atomic E-state index is 11.5. The molecule has 0 unspecified atom stereocenters. The van der Waals surface area contributed by atoms with E-state index in [1.165, 1.54) is 0 Å². The molecule has 0 fully saturated rings. The van der Waals surface area contributed by atoms with Gasteiger partial charge >= 0.3 is 5.97 Å². The Labute approximate surface area is 122 Å². The Morgan fingerprint density at radius 3 is 2.60 bits per heavy atom. The molecule has 0 spiro atoms. The van der Waals surface area contributed by atoms with Crippen molar-refractivity contribution in [3.63, 3.8) is 0 Å². The first-order valence-corrected chi connectivity index (χ1v) is 6.66. The number of ether oxygens (including phenoxy) is 2. The van der Waals surface area contributed by atoms with Crippen molar-refractivity contribution in [3.8, 4) is 5.75 Å². The molecule has 4 heteroatoms. The zero-order valence-electron chi connectivity index (χ0n) is 11.2. The lowest BCUT2D eigenvalue weighted by atomic mass is 10.1. The average molecular weight is 291 g/mol. The predicted octanol–water partition coefficient (Wildman–Crippen LogP) is 3.99. The summed E-state index contributed by atoms with van der Waals surface area (Å²) < 4.78 is 10.5. The van der Waals surface area contributed by atoms with Gasteiger partial charge in [-0.05, 0) is 19.1 Å². The first-order chi connectivity index (χ1) is 9.63. The molecule has 0 radical (unpaired) electrons. The molecule has 0 amide bonds. The normalized spacial score (nSPS) is 10.3. The van der Waals surface area contributed by atoms with Gasteiger partial charge < -0.3 is 9.47 Å². The van der Waals surface area contributed by atoms with Crippen LogP contribution in [-0.2, 0) is 9.53 Å². The summed E-state index contributed by atoms with van der Waals surface area (Å²) in [7, 11) is 0. The van der Waals surface area contributed by atoms with Crippen molar-refractivity contribution in [1.29, 1.82) is 0 Å². The highest BCUT2D eigenvalue weighted by Gasteiger charge is 2.10. The van der Waals surface area contributed by atoms with Crippen LogP contribution in [0.25, 0.3) is 10.8 Å². The number of esters is 1. The Balaban J connectivity index is 2.17. The fraction of sp³-hybridized carbons (Fsp3) is 0.188. The van der Waals surface area contributed by atoms with E-state index in [0.29, 0.717) is 17.4 Å². The third-order valence-corrected chi connectivity index (χ3v) is 3.13. The third kappa shape index (κ3) is 3.11. The average Bonchev–Trinajstić information content (AvgIpc) is 2.47. The molecule has 0 aliphatic heterocycles. The van der Waals surface area contributed by atoms with Gasteiger partial charge in [-0.15, -0.1) is 0 Å². The van der Waals surface area contributed by atoms with Gasteiger partial charge in [-0.3, -0.25) is 0 Å². The van der Waals surface area contributed by atoms with Gasteiger partial charge in [0.05, 0.1) is 12.2 Å². The van der Waals surface area contributed by atoms with E-state index in [-0.39, 0.29) is 12.2 Å². The Bertz CT molecular complexity index is 649. The van der Waals surface area contributed by atoms with Gasteiger partial charge in [0.1, 0.15) is 12.4 Å². The van der Waals surface area contributed by atoms with Gasteiger partial charge in [0.25, 0.3) is 0 Å². The second-order valence-corrected chi connectivity index (χ2v) is 4.61. The third-order valence-electron chi connectivity index (χ3n) is 2.80. The summed E-state index contributed by atoms with van der Waals surface area (Å²) in [5.74, 6) is 0.223. The van der Waals surface area contributed by atoms with Crippen molar-refractivity contribution in [2.45, 2.75) is 6.92 Å². The summed E-state index contributed by atoms with van der Waals surface area (Å²) in [4.78, 5) is 11.5. The van der Waals surface area contributed by atoms with Crippen molar-refractivity contribution in [3.05, 3.63) is 53.6 Å². The number of halogens is 1. The van der Waals surface area contributed by atoms with E-state index in [1.54, 1.807) is 19.1 Å². The molecule has 104 valence electrons. The first-order valence-electron chi connectivity index (χ1n) is 6.28. The molecule has 2 aromatic rings. The Kier molecular flexibility index (Phi) is 4.64. The number of carbonyl (C=O) groups excluding carboxylic acids is 1. The Morgan fingerprint density at radius 2 is 1.90 bits per heavy atom. The van der Waals surface area contributed by atoms with Crippen molar-refractivity contribution >= 4 is 28.3 Å². The molecule has 0 N–H and O–H groups in total. The van der Waals surface area contributed by atoms with Crippen LogP contribution in [0.2, 0.25) is 5.02 Å². The maximum Gasteiger partial charge on any atom is 0.336 e. The van der Waals surface area contributed by atoms with Crippen LogP contribution in [0.3, 0.4) is 0 Å². The smallest absolute Gasteiger partial charge is 0.336 e. The minimum absolute atomic E-state index is 0.0878. The van der Waals surface area contributed by atoms with Crippen molar-refractivity contribution in [1.82, 2.24) is 0 Å². The van der Waals surface area contributed by atoms with Crippen LogP contribution in [0.1, 0.15) is 6.92 Å². The first kappa shape index (κ1) is 14.4. The molecular formula is C16H15ClO3. The van der Waals surface area contributed by atoms with E-state index in [1.807, 2.05) is 24.3 Å². The molecule has 0 saturated heterocycles. The molecule has 0 aliphatic rings. The van der Waals surface area contributed by atoms with E-state index in [4.69, 9.17) is 21.1 Å². The molecule has 0 bridgehead atoms. The van der Waals surface area contributed by atoms with Crippen LogP contribution in [-0.4, -0.2) is 19.2 Å². The highest BCUT2D eigenvalue weighted by atomic mass is 35.5. The van der Waals surface area contributed by atoms with Crippen LogP contribution in [0.5, 0.6) is 5.75 Å². The zero-order chi connectivity index (χ0) is 14.5. The number of rotatable bonds is 5. The summed E-state index contributed by atoms with van der Waals surface area (Å²) in [6, 6.07) is 11.2. The van der Waals surface area contributed by atoms with Crippen LogP contribution in [0.15, 0.2) is 48.6 Å². The van der Waals surface area contributed by atoms with E-state index >= 15 is 0 Å². The van der Waals surface area contributed by atoms with Gasteiger partial charge in [0, 0.05) is 15.8 Å². The van der Waals surface area contributed by atoms with Crippen molar-refractivity contribution in [2.75, 3.05) is 13.2 Å².